The highest BCUT2D eigenvalue weighted by molar-refractivity contribution is 7.92. The number of carbonyl (C=O) groups is 1. The minimum atomic E-state index is -4.67. The smallest absolute Gasteiger partial charge is 0.348 e. The van der Waals surface area contributed by atoms with Crippen LogP contribution in [0.1, 0.15) is 53.6 Å². The minimum absolute atomic E-state index is 0.119. The van der Waals surface area contributed by atoms with Gasteiger partial charge in [-0.05, 0) is 86.6 Å². The molecule has 37 heavy (non-hydrogen) atoms. The van der Waals surface area contributed by atoms with Crippen molar-refractivity contribution in [1.29, 1.82) is 0 Å². The van der Waals surface area contributed by atoms with E-state index in [-0.39, 0.29) is 10.6 Å². The summed E-state index contributed by atoms with van der Waals surface area (Å²) in [6.07, 6.45) is -0.404. The lowest BCUT2D eigenvalue weighted by Crippen LogP contribution is -2.41. The summed E-state index contributed by atoms with van der Waals surface area (Å²) in [6, 6.07) is 15.6. The number of anilines is 1. The van der Waals surface area contributed by atoms with E-state index in [2.05, 4.69) is 17.4 Å². The van der Waals surface area contributed by atoms with Crippen LogP contribution in [0.25, 0.3) is 0 Å². The van der Waals surface area contributed by atoms with Crippen LogP contribution in [-0.4, -0.2) is 20.9 Å². The van der Waals surface area contributed by atoms with Crippen molar-refractivity contribution in [3.8, 4) is 0 Å². The Labute approximate surface area is 215 Å². The van der Waals surface area contributed by atoms with Gasteiger partial charge in [-0.2, -0.15) is 13.2 Å². The third-order valence-corrected chi connectivity index (χ3v) is 8.40. The van der Waals surface area contributed by atoms with Crippen LogP contribution < -0.4 is 9.62 Å². The maximum Gasteiger partial charge on any atom is 0.416 e. The van der Waals surface area contributed by atoms with Crippen LogP contribution in [0.2, 0.25) is 0 Å². The molecule has 0 aliphatic heterocycles. The normalized spacial score (nSPS) is 14.5. The Morgan fingerprint density at radius 2 is 1.65 bits per heavy atom. The van der Waals surface area contributed by atoms with Crippen molar-refractivity contribution in [3.63, 3.8) is 0 Å². The second-order valence-corrected chi connectivity index (χ2v) is 11.3. The van der Waals surface area contributed by atoms with Crippen molar-refractivity contribution in [2.24, 2.45) is 0 Å². The van der Waals surface area contributed by atoms with Gasteiger partial charge in [0.2, 0.25) is 5.91 Å². The van der Waals surface area contributed by atoms with E-state index in [9.17, 15) is 26.4 Å². The number of hydrogen-bond acceptors (Lipinski definition) is 3. The number of benzene rings is 3. The Kier molecular flexibility index (Phi) is 7.64. The Morgan fingerprint density at radius 1 is 0.973 bits per heavy atom. The van der Waals surface area contributed by atoms with Gasteiger partial charge in [-0.3, -0.25) is 9.10 Å². The summed E-state index contributed by atoms with van der Waals surface area (Å²) >= 11 is 0. The molecular weight excluding hydrogens is 501 g/mol. The molecule has 1 aliphatic carbocycles. The number of amides is 1. The van der Waals surface area contributed by atoms with Crippen LogP contribution in [0.4, 0.5) is 18.9 Å². The molecule has 0 spiro atoms. The molecule has 1 atom stereocenters. The van der Waals surface area contributed by atoms with Crippen molar-refractivity contribution < 1.29 is 26.4 Å². The number of alkyl halides is 3. The van der Waals surface area contributed by atoms with E-state index < -0.39 is 40.3 Å². The van der Waals surface area contributed by atoms with Gasteiger partial charge in [0.25, 0.3) is 10.0 Å². The zero-order valence-electron chi connectivity index (χ0n) is 20.7. The van der Waals surface area contributed by atoms with E-state index in [1.165, 1.54) is 29.3 Å². The zero-order chi connectivity index (χ0) is 26.8. The van der Waals surface area contributed by atoms with E-state index >= 15 is 0 Å². The molecule has 4 rings (SSSR count). The first-order valence-electron chi connectivity index (χ1n) is 12.1. The van der Waals surface area contributed by atoms with Gasteiger partial charge in [-0.15, -0.1) is 0 Å². The van der Waals surface area contributed by atoms with Crippen molar-refractivity contribution in [2.45, 2.75) is 56.6 Å². The van der Waals surface area contributed by atoms with E-state index in [4.69, 9.17) is 0 Å². The number of hydrogen-bond donors (Lipinski definition) is 1. The molecular formula is C28H29F3N2O3S. The summed E-state index contributed by atoms with van der Waals surface area (Å²) in [5.74, 6) is -0.627. The molecule has 1 aliphatic rings. The predicted octanol–water partition coefficient (Wildman–Crippen LogP) is 5.97. The highest BCUT2D eigenvalue weighted by atomic mass is 32.2. The maximum atomic E-state index is 13.5. The Balaban J connectivity index is 1.62. The summed E-state index contributed by atoms with van der Waals surface area (Å²) in [4.78, 5) is 13.0. The van der Waals surface area contributed by atoms with Crippen molar-refractivity contribution in [2.75, 3.05) is 10.8 Å². The van der Waals surface area contributed by atoms with Gasteiger partial charge in [0.15, 0.2) is 0 Å². The van der Waals surface area contributed by atoms with Gasteiger partial charge in [0.05, 0.1) is 22.2 Å². The third kappa shape index (κ3) is 6.15. The van der Waals surface area contributed by atoms with Crippen LogP contribution >= 0.6 is 0 Å². The molecule has 0 saturated carbocycles. The quantitative estimate of drug-likeness (QED) is 0.410. The molecule has 1 N–H and O–H groups in total. The van der Waals surface area contributed by atoms with Crippen LogP contribution in [0.15, 0.2) is 71.6 Å². The molecule has 0 bridgehead atoms. The molecule has 3 aromatic rings. The Hall–Kier alpha value is -3.33. The standard InChI is InChI=1S/C28H29F3N2O3S/c1-19-10-14-26(15-11-19)37(35,36)33(25-9-5-8-24(17-25)28(29,30)31)18-27(34)32-20(2)22-13-12-21-6-3-4-7-23(21)16-22/h5,8-17,20H,3-4,6-7,18H2,1-2H3,(H,32,34)/t20-/m1/s1. The Bertz CT molecular complexity index is 1390. The van der Waals surface area contributed by atoms with Crippen LogP contribution in [0.5, 0.6) is 0 Å². The first kappa shape index (κ1) is 26.7. The fourth-order valence-corrected chi connectivity index (χ4v) is 5.93. The first-order chi connectivity index (χ1) is 17.4. The number of aryl methyl sites for hydroxylation is 3. The topological polar surface area (TPSA) is 66.5 Å². The first-order valence-corrected chi connectivity index (χ1v) is 13.6. The van der Waals surface area contributed by atoms with Gasteiger partial charge in [-0.1, -0.05) is 42.0 Å². The van der Waals surface area contributed by atoms with Crippen molar-refractivity contribution >= 4 is 21.6 Å². The number of carbonyl (C=O) groups excluding carboxylic acids is 1. The molecule has 0 aromatic heterocycles. The number of fused-ring (bicyclic) bond motifs is 1. The van der Waals surface area contributed by atoms with Crippen LogP contribution in [0.3, 0.4) is 0 Å². The third-order valence-electron chi connectivity index (χ3n) is 6.61. The molecule has 196 valence electrons. The van der Waals surface area contributed by atoms with Gasteiger partial charge in [0.1, 0.15) is 6.54 Å². The number of halogens is 3. The lowest BCUT2D eigenvalue weighted by molar-refractivity contribution is -0.137. The molecule has 3 aromatic carbocycles. The largest absolute Gasteiger partial charge is 0.416 e. The molecule has 0 unspecified atom stereocenters. The summed E-state index contributed by atoms with van der Waals surface area (Å²) in [5, 5.41) is 2.81. The van der Waals surface area contributed by atoms with Crippen LogP contribution in [-0.2, 0) is 33.8 Å². The summed E-state index contributed by atoms with van der Waals surface area (Å²) in [5.41, 5.74) is 3.01. The fourth-order valence-electron chi connectivity index (χ4n) is 4.51. The van der Waals surface area contributed by atoms with Gasteiger partial charge < -0.3 is 5.32 Å². The number of sulfonamides is 1. The summed E-state index contributed by atoms with van der Waals surface area (Å²) in [6.45, 7) is 2.91. The van der Waals surface area contributed by atoms with Crippen molar-refractivity contribution in [1.82, 2.24) is 5.32 Å². The van der Waals surface area contributed by atoms with Gasteiger partial charge in [0, 0.05) is 0 Å². The lowest BCUT2D eigenvalue weighted by atomic mass is 9.89. The monoisotopic (exact) mass is 530 g/mol. The second-order valence-electron chi connectivity index (χ2n) is 9.40. The summed E-state index contributed by atoms with van der Waals surface area (Å²) in [7, 11) is -4.34. The van der Waals surface area contributed by atoms with E-state index in [0.29, 0.717) is 0 Å². The van der Waals surface area contributed by atoms with E-state index in [0.717, 1.165) is 59.3 Å². The molecule has 5 nitrogen and oxygen atoms in total. The SMILES string of the molecule is Cc1ccc(S(=O)(=O)N(CC(=O)N[C@H](C)c2ccc3c(c2)CCCC3)c2cccc(C(F)(F)F)c2)cc1. The van der Waals surface area contributed by atoms with Crippen molar-refractivity contribution in [3.05, 3.63) is 94.5 Å². The molecule has 0 radical (unpaired) electrons. The fraction of sp³-hybridized carbons (Fsp3) is 0.321. The number of rotatable bonds is 7. The van der Waals surface area contributed by atoms with Gasteiger partial charge >= 0.3 is 6.18 Å². The average Bonchev–Trinajstić information content (AvgIpc) is 2.86. The number of nitrogens with zero attached hydrogens (tertiary/aromatic N) is 1. The molecule has 9 heteroatoms. The zero-order valence-corrected chi connectivity index (χ0v) is 21.5. The Morgan fingerprint density at radius 3 is 2.32 bits per heavy atom. The predicted molar refractivity (Wildman–Crippen MR) is 137 cm³/mol. The van der Waals surface area contributed by atoms with Gasteiger partial charge in [-0.25, -0.2) is 8.42 Å². The number of nitrogens with one attached hydrogen (secondary N) is 1. The maximum absolute atomic E-state index is 13.5. The average molecular weight is 531 g/mol. The minimum Gasteiger partial charge on any atom is -0.348 e. The highest BCUT2D eigenvalue weighted by Gasteiger charge is 2.33. The molecule has 1 amide bonds. The molecule has 0 saturated heterocycles. The lowest BCUT2D eigenvalue weighted by Gasteiger charge is -2.26. The summed E-state index contributed by atoms with van der Waals surface area (Å²) < 4.78 is 67.9. The highest BCUT2D eigenvalue weighted by Crippen LogP contribution is 2.33. The van der Waals surface area contributed by atoms with Crippen LogP contribution in [0, 0.1) is 6.92 Å². The second kappa shape index (κ2) is 10.6. The molecule has 0 heterocycles. The van der Waals surface area contributed by atoms with E-state index in [1.54, 1.807) is 26.0 Å². The molecule has 0 fully saturated rings. The van der Waals surface area contributed by atoms with E-state index in [1.807, 2.05) is 6.07 Å².